The summed E-state index contributed by atoms with van der Waals surface area (Å²) in [4.78, 5) is 12.5. The van der Waals surface area contributed by atoms with E-state index >= 15 is 0 Å². The minimum absolute atomic E-state index is 0.372. The van der Waals surface area contributed by atoms with Crippen LogP contribution in [0.15, 0.2) is 72.7 Å². The predicted molar refractivity (Wildman–Crippen MR) is 106 cm³/mol. The van der Waals surface area contributed by atoms with Gasteiger partial charge in [-0.2, -0.15) is 0 Å². The number of rotatable bonds is 5. The molecule has 2 aromatic carbocycles. The molecule has 2 aromatic rings. The minimum Gasteiger partial charge on any atom is -0.450 e. The molecule has 140 valence electrons. The highest BCUT2D eigenvalue weighted by Crippen LogP contribution is 2.37. The zero-order valence-electron chi connectivity index (χ0n) is 16.2. The van der Waals surface area contributed by atoms with Gasteiger partial charge in [0.25, 0.3) is 0 Å². The summed E-state index contributed by atoms with van der Waals surface area (Å²) in [6.45, 7) is 8.02. The van der Waals surface area contributed by atoms with Gasteiger partial charge in [0.2, 0.25) is 0 Å². The normalized spacial score (nSPS) is 19.2. The van der Waals surface area contributed by atoms with Crippen molar-refractivity contribution < 1.29 is 18.8 Å². The van der Waals surface area contributed by atoms with Crippen molar-refractivity contribution in [2.45, 2.75) is 45.0 Å². The summed E-state index contributed by atoms with van der Waals surface area (Å²) < 4.78 is 17.7. The molecule has 0 bridgehead atoms. The number of esters is 1. The van der Waals surface area contributed by atoms with Crippen LogP contribution in [0, 0.1) is 0 Å². The van der Waals surface area contributed by atoms with Gasteiger partial charge in [0.1, 0.15) is 6.10 Å². The Balaban J connectivity index is 1.78. The van der Waals surface area contributed by atoms with E-state index in [1.54, 1.807) is 12.1 Å². The van der Waals surface area contributed by atoms with Crippen LogP contribution >= 0.6 is 0 Å². The third-order valence-electron chi connectivity index (χ3n) is 5.09. The summed E-state index contributed by atoms with van der Waals surface area (Å²) in [5.41, 5.74) is 0.577. The second kappa shape index (κ2) is 7.71. The molecule has 1 heterocycles. The monoisotopic (exact) mass is 364 g/mol. The molecule has 1 fully saturated rings. The second-order valence-corrected chi connectivity index (χ2v) is 7.61. The lowest BCUT2D eigenvalue weighted by atomic mass is 9.88. The zero-order valence-corrected chi connectivity index (χ0v) is 16.2. The van der Waals surface area contributed by atoms with Gasteiger partial charge < -0.3 is 14.0 Å². The molecular formula is C22H25BO4. The molecule has 1 unspecified atom stereocenters. The Kier molecular flexibility index (Phi) is 5.54. The van der Waals surface area contributed by atoms with Gasteiger partial charge >= 0.3 is 13.1 Å². The number of carbonyl (C=O) groups is 1. The Hall–Kier alpha value is -2.37. The average molecular weight is 364 g/mol. The van der Waals surface area contributed by atoms with E-state index in [0.717, 1.165) is 5.56 Å². The van der Waals surface area contributed by atoms with Crippen LogP contribution in [-0.4, -0.2) is 24.3 Å². The molecular weight excluding hydrogens is 339 g/mol. The summed E-state index contributed by atoms with van der Waals surface area (Å²) in [5.74, 6) is 1.44. The van der Waals surface area contributed by atoms with Crippen LogP contribution in [-0.2, 0) is 14.0 Å². The number of carbonyl (C=O) groups excluding carboxylic acids is 1. The Morgan fingerprint density at radius 2 is 1.44 bits per heavy atom. The van der Waals surface area contributed by atoms with E-state index in [9.17, 15) is 4.79 Å². The fourth-order valence-electron chi connectivity index (χ4n) is 2.78. The van der Waals surface area contributed by atoms with E-state index in [4.69, 9.17) is 14.0 Å². The molecule has 1 saturated heterocycles. The van der Waals surface area contributed by atoms with Crippen LogP contribution in [0.25, 0.3) is 0 Å². The Morgan fingerprint density at radius 1 is 0.926 bits per heavy atom. The molecule has 3 rings (SSSR count). The van der Waals surface area contributed by atoms with Crippen LogP contribution in [0.1, 0.15) is 49.7 Å². The quantitative estimate of drug-likeness (QED) is 0.566. The maximum atomic E-state index is 12.5. The van der Waals surface area contributed by atoms with E-state index in [1.807, 2.05) is 88.3 Å². The number of ether oxygens (including phenoxy) is 1. The third-order valence-corrected chi connectivity index (χ3v) is 5.09. The first-order valence-corrected chi connectivity index (χ1v) is 9.13. The highest BCUT2D eigenvalue weighted by atomic mass is 16.7. The Morgan fingerprint density at radius 3 is 2.00 bits per heavy atom. The van der Waals surface area contributed by atoms with Gasteiger partial charge in [0.05, 0.1) is 16.8 Å². The lowest BCUT2D eigenvalue weighted by Crippen LogP contribution is -2.41. The van der Waals surface area contributed by atoms with Gasteiger partial charge in [0, 0.05) is 0 Å². The molecule has 4 nitrogen and oxygen atoms in total. The first-order chi connectivity index (χ1) is 12.8. The van der Waals surface area contributed by atoms with Crippen molar-refractivity contribution in [1.29, 1.82) is 0 Å². The smallest absolute Gasteiger partial charge is 0.450 e. The first-order valence-electron chi connectivity index (χ1n) is 9.13. The van der Waals surface area contributed by atoms with Crippen molar-refractivity contribution in [2.24, 2.45) is 0 Å². The fourth-order valence-corrected chi connectivity index (χ4v) is 2.78. The third kappa shape index (κ3) is 4.49. The average Bonchev–Trinajstić information content (AvgIpc) is 2.86. The van der Waals surface area contributed by atoms with E-state index in [0.29, 0.717) is 5.56 Å². The predicted octanol–water partition coefficient (Wildman–Crippen LogP) is 4.77. The van der Waals surface area contributed by atoms with E-state index in [2.05, 4.69) is 0 Å². The fraction of sp³-hybridized carbons (Fsp3) is 0.318. The van der Waals surface area contributed by atoms with Crippen LogP contribution in [0.2, 0.25) is 0 Å². The van der Waals surface area contributed by atoms with Crippen LogP contribution in [0.3, 0.4) is 0 Å². The molecule has 0 spiro atoms. The van der Waals surface area contributed by atoms with Crippen LogP contribution in [0.4, 0.5) is 0 Å². The van der Waals surface area contributed by atoms with Gasteiger partial charge in [-0.05, 0) is 51.5 Å². The molecule has 0 aromatic heterocycles. The van der Waals surface area contributed by atoms with E-state index in [-0.39, 0.29) is 5.97 Å². The highest BCUT2D eigenvalue weighted by Gasteiger charge is 2.50. The second-order valence-electron chi connectivity index (χ2n) is 7.61. The van der Waals surface area contributed by atoms with Gasteiger partial charge in [-0.15, -0.1) is 0 Å². The summed E-state index contributed by atoms with van der Waals surface area (Å²) in [6.07, 6.45) is 1.29. The SMILES string of the molecule is CC1(C)OB(/C=C/C(OC(=O)c2ccccc2)c2ccccc2)OC1(C)C. The number of hydrogen-bond acceptors (Lipinski definition) is 4. The molecule has 1 aliphatic heterocycles. The zero-order chi connectivity index (χ0) is 19.5. The van der Waals surface area contributed by atoms with Gasteiger partial charge in [-0.1, -0.05) is 54.5 Å². The molecule has 27 heavy (non-hydrogen) atoms. The van der Waals surface area contributed by atoms with Gasteiger partial charge in [-0.25, -0.2) is 4.79 Å². The maximum Gasteiger partial charge on any atom is 0.486 e. The molecule has 0 saturated carbocycles. The van der Waals surface area contributed by atoms with E-state index in [1.165, 1.54) is 0 Å². The number of hydrogen-bond donors (Lipinski definition) is 0. The largest absolute Gasteiger partial charge is 0.486 e. The lowest BCUT2D eigenvalue weighted by molar-refractivity contribution is 0.00578. The van der Waals surface area contributed by atoms with Crippen molar-refractivity contribution in [2.75, 3.05) is 0 Å². The molecule has 1 aliphatic rings. The first kappa shape index (κ1) is 19.4. The van der Waals surface area contributed by atoms with Crippen LogP contribution in [0.5, 0.6) is 0 Å². The highest BCUT2D eigenvalue weighted by molar-refractivity contribution is 6.51. The number of benzene rings is 2. The van der Waals surface area contributed by atoms with Crippen molar-refractivity contribution in [3.8, 4) is 0 Å². The van der Waals surface area contributed by atoms with Crippen LogP contribution < -0.4 is 0 Å². The van der Waals surface area contributed by atoms with E-state index < -0.39 is 24.4 Å². The minimum atomic E-state index is -0.530. The van der Waals surface area contributed by atoms with Crippen molar-refractivity contribution in [3.63, 3.8) is 0 Å². The summed E-state index contributed by atoms with van der Waals surface area (Å²) in [6, 6.07) is 18.6. The lowest BCUT2D eigenvalue weighted by Gasteiger charge is -2.32. The molecule has 0 N–H and O–H groups in total. The Labute approximate surface area is 161 Å². The topological polar surface area (TPSA) is 44.8 Å². The summed E-state index contributed by atoms with van der Waals surface area (Å²) in [5, 5.41) is 0. The Bertz CT molecular complexity index is 784. The maximum absolute atomic E-state index is 12.5. The standard InChI is InChI=1S/C22H25BO4/c1-21(2)22(3,4)27-23(26-21)16-15-19(17-11-7-5-8-12-17)25-20(24)18-13-9-6-10-14-18/h5-16,19H,1-4H3/b16-15+. The van der Waals surface area contributed by atoms with Crippen molar-refractivity contribution in [3.05, 3.63) is 83.8 Å². The molecule has 0 amide bonds. The molecule has 0 radical (unpaired) electrons. The molecule has 1 atom stereocenters. The van der Waals surface area contributed by atoms with Crippen molar-refractivity contribution in [1.82, 2.24) is 0 Å². The summed E-state index contributed by atoms with van der Waals surface area (Å²) >= 11 is 0. The van der Waals surface area contributed by atoms with Crippen molar-refractivity contribution >= 4 is 13.1 Å². The summed E-state index contributed by atoms with van der Waals surface area (Å²) in [7, 11) is -0.489. The molecule has 5 heteroatoms. The van der Waals surface area contributed by atoms with Gasteiger partial charge in [0.15, 0.2) is 0 Å². The van der Waals surface area contributed by atoms with Gasteiger partial charge in [-0.3, -0.25) is 0 Å². The molecule has 0 aliphatic carbocycles.